The quantitative estimate of drug-likeness (QED) is 0.424. The van der Waals surface area contributed by atoms with Gasteiger partial charge in [-0.3, -0.25) is 0 Å². The van der Waals surface area contributed by atoms with Gasteiger partial charge in [-0.15, -0.1) is 0 Å². The number of nitrogens with one attached hydrogen (secondary N) is 1. The van der Waals surface area contributed by atoms with Crippen LogP contribution in [0.4, 0.5) is 0 Å². The average Bonchev–Trinajstić information content (AvgIpc) is 3.26. The topological polar surface area (TPSA) is 49.9 Å². The third-order valence-corrected chi connectivity index (χ3v) is 6.27. The zero-order chi connectivity index (χ0) is 18.9. The van der Waals surface area contributed by atoms with Crippen LogP contribution in [0.15, 0.2) is 11.5 Å². The summed E-state index contributed by atoms with van der Waals surface area (Å²) in [5.41, 5.74) is 0.215. The first-order valence-electron chi connectivity index (χ1n) is 10.8. The fourth-order valence-corrected chi connectivity index (χ4v) is 4.73. The van der Waals surface area contributed by atoms with E-state index in [1.165, 1.54) is 58.3 Å². The molecular weight excluding hydrogens is 336 g/mol. The lowest BCUT2D eigenvalue weighted by molar-refractivity contribution is 0.142. The predicted molar refractivity (Wildman–Crippen MR) is 108 cm³/mol. The highest BCUT2D eigenvalue weighted by Crippen LogP contribution is 2.23. The summed E-state index contributed by atoms with van der Waals surface area (Å²) in [7, 11) is 0. The van der Waals surface area contributed by atoms with Crippen molar-refractivity contribution in [2.75, 3.05) is 52.4 Å². The highest BCUT2D eigenvalue weighted by molar-refractivity contribution is 5.32. The van der Waals surface area contributed by atoms with Crippen LogP contribution in [-0.2, 0) is 0 Å². The Balaban J connectivity index is 1.49. The number of likely N-dealkylation sites (tertiary alicyclic amines) is 3. The number of nitrogens with zero attached hydrogens (tertiary/aromatic N) is 5. The second-order valence-corrected chi connectivity index (χ2v) is 8.06. The number of piperidine rings is 2. The van der Waals surface area contributed by atoms with Crippen LogP contribution in [0.1, 0.15) is 51.4 Å². The Morgan fingerprint density at radius 2 is 1.67 bits per heavy atom. The summed E-state index contributed by atoms with van der Waals surface area (Å²) in [5, 5.41) is 12.9. The molecule has 0 aromatic carbocycles. The van der Waals surface area contributed by atoms with E-state index in [0.29, 0.717) is 6.04 Å². The number of hydrogen-bond acceptors (Lipinski definition) is 5. The Kier molecular flexibility index (Phi) is 7.80. The number of rotatable bonds is 7. The van der Waals surface area contributed by atoms with Crippen molar-refractivity contribution in [1.82, 2.24) is 20.0 Å². The molecule has 3 aliphatic rings. The van der Waals surface area contributed by atoms with Gasteiger partial charge in [0.25, 0.3) is 5.70 Å². The van der Waals surface area contributed by atoms with E-state index in [9.17, 15) is 5.26 Å². The molecule has 3 aliphatic heterocycles. The molecule has 0 spiro atoms. The van der Waals surface area contributed by atoms with Crippen LogP contribution in [0.25, 0.3) is 4.85 Å². The van der Waals surface area contributed by atoms with Crippen molar-refractivity contribution in [3.63, 3.8) is 0 Å². The maximum absolute atomic E-state index is 9.41. The summed E-state index contributed by atoms with van der Waals surface area (Å²) in [4.78, 5) is 10.9. The largest absolute Gasteiger partial charge is 0.380 e. The molecule has 0 unspecified atom stereocenters. The molecule has 0 radical (unpaired) electrons. The Morgan fingerprint density at radius 1 is 1.00 bits per heavy atom. The maximum atomic E-state index is 9.41. The monoisotopic (exact) mass is 370 g/mol. The van der Waals surface area contributed by atoms with Gasteiger partial charge in [-0.05, 0) is 77.7 Å². The van der Waals surface area contributed by atoms with Crippen molar-refractivity contribution in [2.45, 2.75) is 57.4 Å². The molecule has 3 heterocycles. The van der Waals surface area contributed by atoms with E-state index in [1.54, 1.807) is 0 Å². The molecule has 3 rings (SSSR count). The smallest absolute Gasteiger partial charge is 0.300 e. The van der Waals surface area contributed by atoms with Crippen molar-refractivity contribution >= 4 is 0 Å². The summed E-state index contributed by atoms with van der Waals surface area (Å²) in [6, 6.07) is 2.79. The van der Waals surface area contributed by atoms with E-state index in [1.807, 2.05) is 0 Å². The van der Waals surface area contributed by atoms with Crippen molar-refractivity contribution < 1.29 is 0 Å². The highest BCUT2D eigenvalue weighted by Gasteiger charge is 2.28. The minimum absolute atomic E-state index is 0.215. The fraction of sp³-hybridized carbons (Fsp3) is 0.810. The van der Waals surface area contributed by atoms with Crippen LogP contribution in [0.5, 0.6) is 0 Å². The van der Waals surface area contributed by atoms with E-state index in [2.05, 4.69) is 30.9 Å². The molecule has 0 saturated carbocycles. The molecule has 0 aliphatic carbocycles. The predicted octanol–water partition coefficient (Wildman–Crippen LogP) is 2.62. The zero-order valence-corrected chi connectivity index (χ0v) is 16.6. The van der Waals surface area contributed by atoms with Gasteiger partial charge in [0.05, 0.1) is 12.6 Å². The van der Waals surface area contributed by atoms with E-state index in [0.717, 1.165) is 51.3 Å². The zero-order valence-electron chi connectivity index (χ0n) is 16.6. The number of allylic oxidation sites excluding steroid dienone is 1. The van der Waals surface area contributed by atoms with Gasteiger partial charge in [-0.25, -0.2) is 10.1 Å². The minimum Gasteiger partial charge on any atom is -0.380 e. The van der Waals surface area contributed by atoms with Gasteiger partial charge in [0.15, 0.2) is 0 Å². The first-order chi connectivity index (χ1) is 13.3. The second-order valence-electron chi connectivity index (χ2n) is 8.06. The lowest BCUT2D eigenvalue weighted by Crippen LogP contribution is -2.46. The number of nitriles is 1. The van der Waals surface area contributed by atoms with Gasteiger partial charge in [-0.1, -0.05) is 6.42 Å². The Morgan fingerprint density at radius 3 is 2.30 bits per heavy atom. The van der Waals surface area contributed by atoms with Crippen molar-refractivity contribution in [2.24, 2.45) is 0 Å². The lowest BCUT2D eigenvalue weighted by Gasteiger charge is -2.39. The van der Waals surface area contributed by atoms with Crippen molar-refractivity contribution in [1.29, 1.82) is 5.26 Å². The molecule has 3 fully saturated rings. The van der Waals surface area contributed by atoms with Gasteiger partial charge < -0.3 is 20.0 Å². The first-order valence-corrected chi connectivity index (χ1v) is 10.8. The SMILES string of the molecule is [C-]#[N+]/C(C#N)=C(\NCCCN1CCCCC1)N1CCC(N2CCCC2)CC1. The van der Waals surface area contributed by atoms with Crippen molar-refractivity contribution in [3.05, 3.63) is 22.9 Å². The average molecular weight is 371 g/mol. The molecule has 0 aromatic rings. The molecule has 0 amide bonds. The lowest BCUT2D eigenvalue weighted by atomic mass is 10.0. The standard InChI is InChI=1S/C21H34N6/c1-23-20(18-22)21(24-10-7-13-25-11-3-2-4-12-25)27-16-8-19(9-17-27)26-14-5-6-15-26/h19,24H,2-17H2/b21-20+. The molecule has 148 valence electrons. The molecule has 0 bridgehead atoms. The normalized spacial score (nSPS) is 23.6. The molecule has 6 nitrogen and oxygen atoms in total. The van der Waals surface area contributed by atoms with Gasteiger partial charge >= 0.3 is 0 Å². The van der Waals surface area contributed by atoms with Gasteiger partial charge in [0.1, 0.15) is 5.82 Å². The van der Waals surface area contributed by atoms with Crippen LogP contribution in [-0.4, -0.2) is 73.1 Å². The van der Waals surface area contributed by atoms with E-state index in [-0.39, 0.29) is 5.70 Å². The third-order valence-electron chi connectivity index (χ3n) is 6.27. The van der Waals surface area contributed by atoms with E-state index in [4.69, 9.17) is 6.57 Å². The van der Waals surface area contributed by atoms with E-state index < -0.39 is 0 Å². The van der Waals surface area contributed by atoms with Crippen LogP contribution < -0.4 is 5.32 Å². The minimum atomic E-state index is 0.215. The Hall–Kier alpha value is -1.76. The maximum Gasteiger partial charge on any atom is 0.300 e. The first kappa shape index (κ1) is 20.0. The summed E-state index contributed by atoms with van der Waals surface area (Å²) in [6.45, 7) is 16.1. The summed E-state index contributed by atoms with van der Waals surface area (Å²) in [6.07, 6.45) is 10.0. The van der Waals surface area contributed by atoms with Crippen LogP contribution in [0.3, 0.4) is 0 Å². The summed E-state index contributed by atoms with van der Waals surface area (Å²) >= 11 is 0. The van der Waals surface area contributed by atoms with E-state index >= 15 is 0 Å². The van der Waals surface area contributed by atoms with Crippen LogP contribution in [0.2, 0.25) is 0 Å². The van der Waals surface area contributed by atoms with Gasteiger partial charge in [0.2, 0.25) is 0 Å². The van der Waals surface area contributed by atoms with Crippen molar-refractivity contribution in [3.8, 4) is 6.07 Å². The number of hydrogen-bond donors (Lipinski definition) is 1. The summed E-state index contributed by atoms with van der Waals surface area (Å²) < 4.78 is 0. The summed E-state index contributed by atoms with van der Waals surface area (Å²) in [5.74, 6) is 0.769. The molecule has 3 saturated heterocycles. The highest BCUT2D eigenvalue weighted by atomic mass is 15.3. The molecule has 0 atom stereocenters. The molecule has 1 N–H and O–H groups in total. The van der Waals surface area contributed by atoms with Gasteiger partial charge in [0, 0.05) is 25.7 Å². The Bertz CT molecular complexity index is 550. The molecule has 6 heteroatoms. The van der Waals surface area contributed by atoms with Crippen LogP contribution in [0, 0.1) is 17.9 Å². The Labute approximate surface area is 164 Å². The second kappa shape index (κ2) is 10.5. The molecular formula is C21H34N6. The molecule has 0 aromatic heterocycles. The third kappa shape index (κ3) is 5.61. The van der Waals surface area contributed by atoms with Crippen LogP contribution >= 0.6 is 0 Å². The molecule has 27 heavy (non-hydrogen) atoms. The van der Waals surface area contributed by atoms with Gasteiger partial charge in [-0.2, -0.15) is 0 Å². The fourth-order valence-electron chi connectivity index (χ4n) is 4.73.